The summed E-state index contributed by atoms with van der Waals surface area (Å²) in [5, 5.41) is 40.9. The van der Waals surface area contributed by atoms with Gasteiger partial charge in [0.2, 0.25) is 16.3 Å². The van der Waals surface area contributed by atoms with Gasteiger partial charge in [0.1, 0.15) is 36.2 Å². The maximum Gasteiger partial charge on any atom is 0.335 e. The van der Waals surface area contributed by atoms with E-state index in [1.54, 1.807) is 12.3 Å². The van der Waals surface area contributed by atoms with E-state index < -0.39 is 52.7 Å². The molecule has 2 fully saturated rings. The third-order valence-corrected chi connectivity index (χ3v) is 10.5. The molecular formula is C29H37ClN6O10S. The Morgan fingerprint density at radius 2 is 1.79 bits per heavy atom. The number of fused-ring (bicyclic) bond motifs is 1. The van der Waals surface area contributed by atoms with E-state index >= 15 is 0 Å². The zero-order valence-corrected chi connectivity index (χ0v) is 27.4. The molecule has 1 saturated carbocycles. The van der Waals surface area contributed by atoms with Gasteiger partial charge < -0.3 is 34.8 Å². The van der Waals surface area contributed by atoms with Gasteiger partial charge in [-0.1, -0.05) is 11.6 Å². The van der Waals surface area contributed by atoms with E-state index in [0.717, 1.165) is 25.7 Å². The predicted molar refractivity (Wildman–Crippen MR) is 170 cm³/mol. The second-order valence-electron chi connectivity index (χ2n) is 11.7. The van der Waals surface area contributed by atoms with Gasteiger partial charge in [0.15, 0.2) is 11.8 Å². The van der Waals surface area contributed by atoms with Gasteiger partial charge in [-0.2, -0.15) is 0 Å². The number of benzene rings is 1. The number of aliphatic hydroxyl groups excluding tert-OH is 3. The highest BCUT2D eigenvalue weighted by Crippen LogP contribution is 2.36. The number of nitrogens with zero attached hydrogens (tertiary/aromatic N) is 5. The minimum absolute atomic E-state index is 0.0355. The summed E-state index contributed by atoms with van der Waals surface area (Å²) in [4.78, 5) is 37.5. The number of aliphatic carboxylic acids is 1. The molecule has 1 aliphatic heterocycles. The minimum Gasteiger partial charge on any atom is -0.479 e. The van der Waals surface area contributed by atoms with Crippen molar-refractivity contribution in [2.45, 2.75) is 62.4 Å². The molecule has 1 aromatic carbocycles. The third-order valence-electron chi connectivity index (χ3n) is 8.76. The number of hydrogen-bond acceptors (Lipinski definition) is 12. The van der Waals surface area contributed by atoms with Crippen molar-refractivity contribution >= 4 is 56.2 Å². The molecule has 1 amide bonds. The van der Waals surface area contributed by atoms with Crippen LogP contribution in [-0.2, 0) is 19.6 Å². The number of halogens is 1. The van der Waals surface area contributed by atoms with Crippen molar-refractivity contribution in [3.63, 3.8) is 0 Å². The van der Waals surface area contributed by atoms with E-state index in [0.29, 0.717) is 16.9 Å². The molecule has 5 rings (SSSR count). The van der Waals surface area contributed by atoms with Crippen LogP contribution < -0.4 is 19.3 Å². The van der Waals surface area contributed by atoms with Crippen LogP contribution in [0.3, 0.4) is 0 Å². The molecule has 0 spiro atoms. The summed E-state index contributed by atoms with van der Waals surface area (Å²) in [6, 6.07) is 5.50. The molecule has 1 aliphatic carbocycles. The average molecular weight is 697 g/mol. The van der Waals surface area contributed by atoms with E-state index in [-0.39, 0.29) is 34.2 Å². The first kappa shape index (κ1) is 34.7. The van der Waals surface area contributed by atoms with Gasteiger partial charge in [-0.15, -0.1) is 0 Å². The van der Waals surface area contributed by atoms with Crippen LogP contribution >= 0.6 is 11.6 Å². The van der Waals surface area contributed by atoms with Crippen LogP contribution in [0.15, 0.2) is 36.8 Å². The van der Waals surface area contributed by atoms with Gasteiger partial charge in [-0.05, 0) is 62.9 Å². The molecule has 18 heteroatoms. The summed E-state index contributed by atoms with van der Waals surface area (Å²) in [5.74, 6) is -0.830. The Labute approximate surface area is 275 Å². The first-order chi connectivity index (χ1) is 22.2. The number of carboxylic acid groups (broad SMARTS) is 1. The van der Waals surface area contributed by atoms with E-state index in [1.165, 1.54) is 48.1 Å². The fourth-order valence-corrected chi connectivity index (χ4v) is 7.32. The highest BCUT2D eigenvalue weighted by Gasteiger charge is 2.48. The monoisotopic (exact) mass is 696 g/mol. The van der Waals surface area contributed by atoms with Crippen molar-refractivity contribution in [3.05, 3.63) is 41.8 Å². The minimum atomic E-state index is -3.29. The largest absolute Gasteiger partial charge is 0.479 e. The maximum atomic E-state index is 13.9. The summed E-state index contributed by atoms with van der Waals surface area (Å²) >= 11 is 6.25. The zero-order valence-electron chi connectivity index (χ0n) is 25.8. The molecule has 5 N–H and O–H groups in total. The van der Waals surface area contributed by atoms with Crippen LogP contribution in [0.4, 0.5) is 16.3 Å². The standard InChI is InChI=1S/C29H37ClN6O10S/c1-31-47(43,44)13-15-4-7-17(8-5-15)34(2)25-18-10-11-36(26(18)33-14-32-25)29(42)35(3)19-12-16(30)6-9-20(19)45-28-23(39)21(37)22(38)24(46-28)27(40)41/h6,9-12,14-15,17,21-24,28,31,37-39H,4-5,7-8,13H2,1-3H3,(H,40,41)/t15?,17?,21-,22-,23+,24-,28+/m0/s1. The molecule has 5 atom stereocenters. The second-order valence-corrected chi connectivity index (χ2v) is 14.1. The summed E-state index contributed by atoms with van der Waals surface area (Å²) in [5.41, 5.74) is 0.445. The Morgan fingerprint density at radius 1 is 1.09 bits per heavy atom. The van der Waals surface area contributed by atoms with Gasteiger partial charge >= 0.3 is 12.0 Å². The Kier molecular flexibility index (Phi) is 10.3. The number of carbonyl (C=O) groups is 2. The highest BCUT2D eigenvalue weighted by molar-refractivity contribution is 7.89. The van der Waals surface area contributed by atoms with E-state index in [1.807, 2.05) is 11.9 Å². The zero-order chi connectivity index (χ0) is 34.2. The van der Waals surface area contributed by atoms with Crippen LogP contribution in [0.25, 0.3) is 11.0 Å². The van der Waals surface area contributed by atoms with Crippen molar-refractivity contribution in [1.82, 2.24) is 19.3 Å². The van der Waals surface area contributed by atoms with Crippen molar-refractivity contribution < 1.29 is 47.9 Å². The number of carbonyl (C=O) groups excluding carboxylic acids is 1. The summed E-state index contributed by atoms with van der Waals surface area (Å²) in [6.07, 6.45) is -3.24. The van der Waals surface area contributed by atoms with E-state index in [4.69, 9.17) is 21.1 Å². The molecule has 2 aliphatic rings. The first-order valence-electron chi connectivity index (χ1n) is 14.8. The SMILES string of the molecule is CNS(=O)(=O)CC1CCC(N(C)c2ncnc3c2ccn3C(=O)N(C)c2cc(Cl)ccc2O[C@@H]2O[C@H](C(=O)O)[C@@H](O)[C@H](O)[C@H]2O)CC1. The molecule has 0 radical (unpaired) electrons. The molecular weight excluding hydrogens is 660 g/mol. The maximum absolute atomic E-state index is 13.9. The van der Waals surface area contributed by atoms with Crippen molar-refractivity contribution in [1.29, 1.82) is 0 Å². The number of aromatic nitrogens is 3. The topological polar surface area (TPSA) is 217 Å². The number of sulfonamides is 1. The lowest BCUT2D eigenvalue weighted by molar-refractivity contribution is -0.271. The predicted octanol–water partition coefficient (Wildman–Crippen LogP) is 1.00. The number of carboxylic acids is 1. The lowest BCUT2D eigenvalue weighted by atomic mass is 9.86. The summed E-state index contributed by atoms with van der Waals surface area (Å²) < 4.78 is 38.7. The quantitative estimate of drug-likeness (QED) is 0.211. The lowest BCUT2D eigenvalue weighted by Crippen LogP contribution is -2.61. The lowest BCUT2D eigenvalue weighted by Gasteiger charge is -2.38. The Hall–Kier alpha value is -3.58. The fraction of sp³-hybridized carbons (Fsp3) is 0.517. The van der Waals surface area contributed by atoms with Crippen molar-refractivity contribution in [2.75, 3.05) is 36.7 Å². The Morgan fingerprint density at radius 3 is 2.45 bits per heavy atom. The molecule has 3 aromatic rings. The Bertz CT molecular complexity index is 1730. The third kappa shape index (κ3) is 7.15. The Balaban J connectivity index is 1.36. The molecule has 0 bridgehead atoms. The molecule has 256 valence electrons. The summed E-state index contributed by atoms with van der Waals surface area (Å²) in [7, 11) is 1.48. The molecule has 2 aromatic heterocycles. The van der Waals surface area contributed by atoms with Gasteiger partial charge in [-0.25, -0.2) is 32.7 Å². The highest BCUT2D eigenvalue weighted by atomic mass is 35.5. The van der Waals surface area contributed by atoms with Crippen molar-refractivity contribution in [2.24, 2.45) is 5.92 Å². The number of anilines is 2. The number of rotatable bonds is 9. The molecule has 0 unspecified atom stereocenters. The molecule has 3 heterocycles. The number of amides is 1. The van der Waals surface area contributed by atoms with Crippen LogP contribution in [0.2, 0.25) is 5.02 Å². The van der Waals surface area contributed by atoms with Crippen LogP contribution in [0, 0.1) is 5.92 Å². The van der Waals surface area contributed by atoms with Crippen LogP contribution in [0.5, 0.6) is 5.75 Å². The van der Waals surface area contributed by atoms with E-state index in [9.17, 15) is 38.4 Å². The molecule has 1 saturated heterocycles. The number of ether oxygens (including phenoxy) is 2. The van der Waals surface area contributed by atoms with Gasteiger partial charge in [0.25, 0.3) is 0 Å². The second kappa shape index (κ2) is 13.9. The first-order valence-corrected chi connectivity index (χ1v) is 16.9. The van der Waals surface area contributed by atoms with Crippen molar-refractivity contribution in [3.8, 4) is 5.75 Å². The van der Waals surface area contributed by atoms with Crippen LogP contribution in [-0.4, -0.2) is 119 Å². The molecule has 16 nitrogen and oxygen atoms in total. The fourth-order valence-electron chi connectivity index (χ4n) is 6.03. The smallest absolute Gasteiger partial charge is 0.335 e. The number of nitrogens with one attached hydrogen (secondary N) is 1. The van der Waals surface area contributed by atoms with Gasteiger partial charge in [0, 0.05) is 31.4 Å². The average Bonchev–Trinajstić information content (AvgIpc) is 3.49. The van der Waals surface area contributed by atoms with E-state index in [2.05, 4.69) is 14.7 Å². The van der Waals surface area contributed by atoms with Crippen LogP contribution in [0.1, 0.15) is 25.7 Å². The number of aliphatic hydroxyl groups is 3. The summed E-state index contributed by atoms with van der Waals surface area (Å²) in [6.45, 7) is 0. The molecule has 47 heavy (non-hydrogen) atoms. The number of hydrogen-bond donors (Lipinski definition) is 5. The van der Waals surface area contributed by atoms with Gasteiger partial charge in [0.05, 0.1) is 16.8 Å². The normalized spacial score (nSPS) is 26.6. The van der Waals surface area contributed by atoms with Gasteiger partial charge in [-0.3, -0.25) is 9.47 Å².